The third kappa shape index (κ3) is 1.65. The summed E-state index contributed by atoms with van der Waals surface area (Å²) in [6.07, 6.45) is 0.747. The van der Waals surface area contributed by atoms with Gasteiger partial charge in [0.05, 0.1) is 0 Å². The Balaban J connectivity index is 2.42. The van der Waals surface area contributed by atoms with Crippen LogP contribution in [-0.2, 0) is 9.59 Å². The summed E-state index contributed by atoms with van der Waals surface area (Å²) in [5.74, 6) is 0.261. The summed E-state index contributed by atoms with van der Waals surface area (Å²) in [5, 5.41) is 2.56. The minimum atomic E-state index is -0.0371. The van der Waals surface area contributed by atoms with E-state index >= 15 is 0 Å². The molecule has 3 heteroatoms. The van der Waals surface area contributed by atoms with Crippen LogP contribution < -0.4 is 5.32 Å². The normalized spacial score (nSPS) is 27.0. The van der Waals surface area contributed by atoms with Gasteiger partial charge < -0.3 is 5.32 Å². The lowest BCUT2D eigenvalue weighted by atomic mass is 10.0. The van der Waals surface area contributed by atoms with E-state index < -0.39 is 0 Å². The third-order valence-electron chi connectivity index (χ3n) is 2.31. The molecule has 1 aliphatic carbocycles. The Labute approximate surface area is 72.5 Å². The lowest BCUT2D eigenvalue weighted by Gasteiger charge is -2.01. The van der Waals surface area contributed by atoms with Gasteiger partial charge in [-0.2, -0.15) is 0 Å². The van der Waals surface area contributed by atoms with Gasteiger partial charge in [0, 0.05) is 24.8 Å². The van der Waals surface area contributed by atoms with Crippen LogP contribution in [0.5, 0.6) is 0 Å². The van der Waals surface area contributed by atoms with Gasteiger partial charge in [-0.05, 0) is 6.42 Å². The maximum atomic E-state index is 11.4. The topological polar surface area (TPSA) is 46.2 Å². The molecule has 0 unspecified atom stereocenters. The first-order chi connectivity index (χ1) is 5.57. The number of rotatable bonds is 3. The SMILES string of the molecule is CNC(=O)[C@@H]1C[C@@H]1C(=O)C(C)C. The molecule has 0 saturated heterocycles. The van der Waals surface area contributed by atoms with Crippen LogP contribution in [0, 0.1) is 17.8 Å². The van der Waals surface area contributed by atoms with Crippen molar-refractivity contribution in [3.8, 4) is 0 Å². The molecule has 1 N–H and O–H groups in total. The van der Waals surface area contributed by atoms with E-state index in [1.165, 1.54) is 0 Å². The highest BCUT2D eigenvalue weighted by Crippen LogP contribution is 2.40. The van der Waals surface area contributed by atoms with Crippen molar-refractivity contribution in [1.29, 1.82) is 0 Å². The molecule has 0 aromatic carbocycles. The molecular weight excluding hydrogens is 154 g/mol. The average Bonchev–Trinajstić information content (AvgIpc) is 2.80. The zero-order chi connectivity index (χ0) is 9.30. The summed E-state index contributed by atoms with van der Waals surface area (Å²) in [5.41, 5.74) is 0. The van der Waals surface area contributed by atoms with Crippen molar-refractivity contribution in [2.45, 2.75) is 20.3 Å². The maximum absolute atomic E-state index is 11.4. The lowest BCUT2D eigenvalue weighted by molar-refractivity contribution is -0.127. The van der Waals surface area contributed by atoms with Gasteiger partial charge in [0.2, 0.25) is 5.91 Å². The number of hydrogen-bond donors (Lipinski definition) is 1. The second kappa shape index (κ2) is 3.25. The smallest absolute Gasteiger partial charge is 0.223 e. The van der Waals surface area contributed by atoms with E-state index in [2.05, 4.69) is 5.32 Å². The second-order valence-electron chi connectivity index (χ2n) is 3.62. The van der Waals surface area contributed by atoms with E-state index in [4.69, 9.17) is 0 Å². The van der Waals surface area contributed by atoms with Gasteiger partial charge in [-0.3, -0.25) is 9.59 Å². The lowest BCUT2D eigenvalue weighted by Crippen LogP contribution is -2.22. The summed E-state index contributed by atoms with van der Waals surface area (Å²) in [7, 11) is 1.61. The average molecular weight is 169 g/mol. The van der Waals surface area contributed by atoms with Crippen LogP contribution in [0.2, 0.25) is 0 Å². The molecule has 0 radical (unpaired) electrons. The fourth-order valence-electron chi connectivity index (χ4n) is 1.41. The second-order valence-corrected chi connectivity index (χ2v) is 3.62. The third-order valence-corrected chi connectivity index (χ3v) is 2.31. The Morgan fingerprint density at radius 3 is 2.33 bits per heavy atom. The Kier molecular flexibility index (Phi) is 2.50. The first-order valence-electron chi connectivity index (χ1n) is 4.33. The molecule has 1 saturated carbocycles. The Bertz CT molecular complexity index is 211. The van der Waals surface area contributed by atoms with Gasteiger partial charge in [-0.15, -0.1) is 0 Å². The van der Waals surface area contributed by atoms with E-state index in [9.17, 15) is 9.59 Å². The number of hydrogen-bond acceptors (Lipinski definition) is 2. The number of carbonyl (C=O) groups excluding carboxylic acids is 2. The molecule has 0 heterocycles. The molecule has 3 nitrogen and oxygen atoms in total. The van der Waals surface area contributed by atoms with Gasteiger partial charge in [-0.1, -0.05) is 13.8 Å². The molecule has 1 amide bonds. The monoisotopic (exact) mass is 169 g/mol. The van der Waals surface area contributed by atoms with Crippen LogP contribution >= 0.6 is 0 Å². The van der Waals surface area contributed by atoms with E-state index in [0.29, 0.717) is 0 Å². The molecule has 0 aliphatic heterocycles. The van der Waals surface area contributed by atoms with E-state index in [1.807, 2.05) is 13.8 Å². The van der Waals surface area contributed by atoms with Crippen molar-refractivity contribution in [3.63, 3.8) is 0 Å². The number of amides is 1. The molecule has 68 valence electrons. The highest BCUT2D eigenvalue weighted by atomic mass is 16.2. The maximum Gasteiger partial charge on any atom is 0.223 e. The van der Waals surface area contributed by atoms with Crippen LogP contribution in [0.3, 0.4) is 0 Å². The quantitative estimate of drug-likeness (QED) is 0.672. The van der Waals surface area contributed by atoms with Crippen LogP contribution in [0.4, 0.5) is 0 Å². The van der Waals surface area contributed by atoms with Gasteiger partial charge in [0.25, 0.3) is 0 Å². The summed E-state index contributed by atoms with van der Waals surface area (Å²) < 4.78 is 0. The first kappa shape index (κ1) is 9.23. The Hall–Kier alpha value is -0.860. The largest absolute Gasteiger partial charge is 0.359 e. The summed E-state index contributed by atoms with van der Waals surface area (Å²) in [4.78, 5) is 22.4. The molecule has 0 aromatic heterocycles. The minimum absolute atomic E-state index is 0.00458. The number of Topliss-reactive ketones (excluding diaryl/α,β-unsaturated/α-hetero) is 1. The molecule has 0 spiro atoms. The van der Waals surface area contributed by atoms with Gasteiger partial charge in [-0.25, -0.2) is 0 Å². The molecule has 0 aromatic rings. The van der Waals surface area contributed by atoms with Crippen molar-refractivity contribution in [2.24, 2.45) is 17.8 Å². The van der Waals surface area contributed by atoms with E-state index in [-0.39, 0.29) is 29.4 Å². The predicted octanol–water partition coefficient (Wildman–Crippen LogP) is 0.594. The highest BCUT2D eigenvalue weighted by Gasteiger charge is 2.47. The molecular formula is C9H15NO2. The zero-order valence-electron chi connectivity index (χ0n) is 7.76. The molecule has 1 aliphatic rings. The zero-order valence-corrected chi connectivity index (χ0v) is 7.76. The standard InChI is InChI=1S/C9H15NO2/c1-5(2)8(11)6-4-7(6)9(12)10-3/h5-7H,4H2,1-3H3,(H,10,12)/t6-,7+/m0/s1. The predicted molar refractivity (Wildman–Crippen MR) is 45.5 cm³/mol. The fourth-order valence-corrected chi connectivity index (χ4v) is 1.41. The molecule has 1 fully saturated rings. The summed E-state index contributed by atoms with van der Waals surface area (Å²) in [6, 6.07) is 0. The van der Waals surface area contributed by atoms with E-state index in [1.54, 1.807) is 7.05 Å². The molecule has 2 atom stereocenters. The van der Waals surface area contributed by atoms with Gasteiger partial charge in [0.1, 0.15) is 5.78 Å². The van der Waals surface area contributed by atoms with Gasteiger partial charge in [0.15, 0.2) is 0 Å². The highest BCUT2D eigenvalue weighted by molar-refractivity contribution is 5.94. The number of nitrogens with one attached hydrogen (secondary N) is 1. The molecule has 12 heavy (non-hydrogen) atoms. The van der Waals surface area contributed by atoms with Crippen molar-refractivity contribution >= 4 is 11.7 Å². The van der Waals surface area contributed by atoms with Crippen molar-refractivity contribution in [1.82, 2.24) is 5.32 Å². The number of ketones is 1. The Morgan fingerprint density at radius 1 is 1.33 bits per heavy atom. The summed E-state index contributed by atoms with van der Waals surface area (Å²) in [6.45, 7) is 3.75. The molecule has 0 bridgehead atoms. The minimum Gasteiger partial charge on any atom is -0.359 e. The van der Waals surface area contributed by atoms with Crippen LogP contribution in [0.25, 0.3) is 0 Å². The molecule has 1 rings (SSSR count). The van der Waals surface area contributed by atoms with Crippen molar-refractivity contribution in [3.05, 3.63) is 0 Å². The van der Waals surface area contributed by atoms with Crippen molar-refractivity contribution in [2.75, 3.05) is 7.05 Å². The number of carbonyl (C=O) groups is 2. The van der Waals surface area contributed by atoms with Crippen LogP contribution in [0.1, 0.15) is 20.3 Å². The summed E-state index contributed by atoms with van der Waals surface area (Å²) >= 11 is 0. The van der Waals surface area contributed by atoms with Crippen LogP contribution in [-0.4, -0.2) is 18.7 Å². The first-order valence-corrected chi connectivity index (χ1v) is 4.33. The van der Waals surface area contributed by atoms with Crippen molar-refractivity contribution < 1.29 is 9.59 Å². The Morgan fingerprint density at radius 2 is 1.92 bits per heavy atom. The fraction of sp³-hybridized carbons (Fsp3) is 0.778. The van der Waals surface area contributed by atoms with Crippen LogP contribution in [0.15, 0.2) is 0 Å². The van der Waals surface area contributed by atoms with E-state index in [0.717, 1.165) is 6.42 Å². The van der Waals surface area contributed by atoms with Gasteiger partial charge >= 0.3 is 0 Å².